The number of hydrogen-bond donors (Lipinski definition) is 2. The van der Waals surface area contributed by atoms with E-state index in [1.54, 1.807) is 42.6 Å². The number of aryl methyl sites for hydroxylation is 2. The monoisotopic (exact) mass is 576 g/mol. The Morgan fingerprint density at radius 1 is 1.12 bits per heavy atom. The number of likely N-dealkylation sites (tertiary alicyclic amines) is 1. The first-order valence-electron chi connectivity index (χ1n) is 14.2. The minimum atomic E-state index is -0.427. The standard InChI is InChI=1S/C34H33FN6O2/c1-22-18-25(6-5-15-36)19-23(2)31(22)43-33-29(28-7-3-4-8-30(28)35)20-38-34(40-33)39-27-13-16-41(17-14-27)21-24-9-11-26(12-10-24)32(37)42/h3-12,18-20,27H,13-14,16-17,21H2,1-2H3,(H2,37,42)(H,38,39,40)/b6-5+. The van der Waals surface area contributed by atoms with Gasteiger partial charge in [0.1, 0.15) is 11.6 Å². The number of piperidine rings is 1. The van der Waals surface area contributed by atoms with Crippen molar-refractivity contribution in [1.82, 2.24) is 14.9 Å². The summed E-state index contributed by atoms with van der Waals surface area (Å²) in [5.41, 5.74) is 10.4. The Morgan fingerprint density at radius 3 is 2.47 bits per heavy atom. The van der Waals surface area contributed by atoms with E-state index in [4.69, 9.17) is 20.7 Å². The van der Waals surface area contributed by atoms with Crippen molar-refractivity contribution in [2.24, 2.45) is 5.73 Å². The maximum Gasteiger partial charge on any atom is 0.248 e. The summed E-state index contributed by atoms with van der Waals surface area (Å²) in [5.74, 6) is 0.474. The third kappa shape index (κ3) is 7.23. The van der Waals surface area contributed by atoms with Gasteiger partial charge >= 0.3 is 0 Å². The van der Waals surface area contributed by atoms with Gasteiger partial charge in [-0.15, -0.1) is 0 Å². The Kier molecular flexibility index (Phi) is 9.08. The SMILES string of the molecule is Cc1cc(/C=C/C#N)cc(C)c1Oc1nc(NC2CCN(Cc3ccc(C(N)=O)cc3)CC2)ncc1-c1ccccc1F. The first-order valence-corrected chi connectivity index (χ1v) is 14.2. The van der Waals surface area contributed by atoms with Gasteiger partial charge < -0.3 is 15.8 Å². The third-order valence-electron chi connectivity index (χ3n) is 7.51. The molecule has 1 saturated heterocycles. The van der Waals surface area contributed by atoms with Crippen LogP contribution >= 0.6 is 0 Å². The van der Waals surface area contributed by atoms with Crippen LogP contribution in [0, 0.1) is 31.0 Å². The Hall–Kier alpha value is -5.07. The number of primary amides is 1. The van der Waals surface area contributed by atoms with Gasteiger partial charge in [0.2, 0.25) is 17.7 Å². The number of aromatic nitrogens is 2. The molecular weight excluding hydrogens is 543 g/mol. The van der Waals surface area contributed by atoms with Crippen LogP contribution in [-0.2, 0) is 6.54 Å². The Morgan fingerprint density at radius 2 is 1.81 bits per heavy atom. The van der Waals surface area contributed by atoms with E-state index in [9.17, 15) is 9.18 Å². The molecule has 43 heavy (non-hydrogen) atoms. The van der Waals surface area contributed by atoms with Crippen LogP contribution < -0.4 is 15.8 Å². The number of hydrogen-bond acceptors (Lipinski definition) is 7. The van der Waals surface area contributed by atoms with Gasteiger partial charge in [-0.2, -0.15) is 10.2 Å². The van der Waals surface area contributed by atoms with Gasteiger partial charge in [0.05, 0.1) is 11.6 Å². The molecule has 5 rings (SSSR count). The number of nitrogens with two attached hydrogens (primary N) is 1. The second kappa shape index (κ2) is 13.3. The van der Waals surface area contributed by atoms with Crippen molar-refractivity contribution in [3.8, 4) is 28.8 Å². The fraction of sp³-hybridized carbons (Fsp3) is 0.235. The van der Waals surface area contributed by atoms with Crippen molar-refractivity contribution >= 4 is 17.9 Å². The molecule has 0 aliphatic carbocycles. The van der Waals surface area contributed by atoms with E-state index in [0.29, 0.717) is 28.4 Å². The second-order valence-corrected chi connectivity index (χ2v) is 10.7. The number of amides is 1. The number of allylic oxidation sites excluding steroid dienone is 1. The fourth-order valence-electron chi connectivity index (χ4n) is 5.30. The van der Waals surface area contributed by atoms with Gasteiger partial charge in [0.15, 0.2) is 0 Å². The van der Waals surface area contributed by atoms with E-state index in [1.165, 1.54) is 12.1 Å². The van der Waals surface area contributed by atoms with Crippen LogP contribution in [0.1, 0.15) is 45.5 Å². The van der Waals surface area contributed by atoms with E-state index in [1.807, 2.05) is 44.2 Å². The molecule has 0 unspecified atom stereocenters. The highest BCUT2D eigenvalue weighted by Gasteiger charge is 2.22. The molecule has 218 valence electrons. The van der Waals surface area contributed by atoms with E-state index in [0.717, 1.165) is 54.7 Å². The molecule has 1 aliphatic rings. The van der Waals surface area contributed by atoms with Gasteiger partial charge in [-0.05, 0) is 85.4 Å². The van der Waals surface area contributed by atoms with Crippen molar-refractivity contribution < 1.29 is 13.9 Å². The quantitative estimate of drug-likeness (QED) is 0.221. The molecule has 1 fully saturated rings. The molecular formula is C34H33FN6O2. The average molecular weight is 577 g/mol. The van der Waals surface area contributed by atoms with E-state index >= 15 is 0 Å². The number of carbonyl (C=O) groups is 1. The van der Waals surface area contributed by atoms with Crippen LogP contribution in [0.5, 0.6) is 11.6 Å². The van der Waals surface area contributed by atoms with Crippen molar-refractivity contribution in [2.75, 3.05) is 18.4 Å². The van der Waals surface area contributed by atoms with Gasteiger partial charge in [-0.1, -0.05) is 30.3 Å². The molecule has 0 radical (unpaired) electrons. The summed E-state index contributed by atoms with van der Waals surface area (Å²) >= 11 is 0. The normalized spacial score (nSPS) is 14.0. The lowest BCUT2D eigenvalue weighted by Crippen LogP contribution is -2.39. The third-order valence-corrected chi connectivity index (χ3v) is 7.51. The molecule has 0 saturated carbocycles. The minimum absolute atomic E-state index is 0.162. The molecule has 0 atom stereocenters. The predicted molar refractivity (Wildman–Crippen MR) is 165 cm³/mol. The number of benzene rings is 3. The van der Waals surface area contributed by atoms with Gasteiger partial charge in [0, 0.05) is 49.1 Å². The molecule has 0 spiro atoms. The van der Waals surface area contributed by atoms with Crippen LogP contribution in [0.4, 0.5) is 10.3 Å². The zero-order valence-electron chi connectivity index (χ0n) is 24.2. The number of carbonyl (C=O) groups excluding carboxylic acids is 1. The molecule has 4 aromatic rings. The first kappa shape index (κ1) is 29.4. The number of nitrogens with one attached hydrogen (secondary N) is 1. The van der Waals surface area contributed by atoms with Gasteiger partial charge in [-0.3, -0.25) is 9.69 Å². The summed E-state index contributed by atoms with van der Waals surface area (Å²) in [6, 6.07) is 19.9. The summed E-state index contributed by atoms with van der Waals surface area (Å²) in [6.45, 7) is 6.42. The van der Waals surface area contributed by atoms with Crippen molar-refractivity contribution in [3.63, 3.8) is 0 Å². The highest BCUT2D eigenvalue weighted by Crippen LogP contribution is 2.36. The Balaban J connectivity index is 1.33. The zero-order chi connectivity index (χ0) is 30.3. The average Bonchev–Trinajstić information content (AvgIpc) is 3.00. The highest BCUT2D eigenvalue weighted by molar-refractivity contribution is 5.92. The number of anilines is 1. The topological polar surface area (TPSA) is 117 Å². The van der Waals surface area contributed by atoms with Gasteiger partial charge in [-0.25, -0.2) is 9.37 Å². The van der Waals surface area contributed by atoms with Gasteiger partial charge in [0.25, 0.3) is 0 Å². The molecule has 1 aliphatic heterocycles. The van der Waals surface area contributed by atoms with Crippen LogP contribution in [0.2, 0.25) is 0 Å². The molecule has 1 aromatic heterocycles. The minimum Gasteiger partial charge on any atom is -0.438 e. The van der Waals surface area contributed by atoms with E-state index in [-0.39, 0.29) is 11.9 Å². The molecule has 8 nitrogen and oxygen atoms in total. The maximum atomic E-state index is 14.9. The fourth-order valence-corrected chi connectivity index (χ4v) is 5.30. The Labute approximate surface area is 250 Å². The number of nitriles is 1. The van der Waals surface area contributed by atoms with E-state index < -0.39 is 11.7 Å². The Bertz CT molecular complexity index is 1670. The van der Waals surface area contributed by atoms with Crippen molar-refractivity contribution in [1.29, 1.82) is 5.26 Å². The highest BCUT2D eigenvalue weighted by atomic mass is 19.1. The summed E-state index contributed by atoms with van der Waals surface area (Å²) < 4.78 is 21.3. The van der Waals surface area contributed by atoms with E-state index in [2.05, 4.69) is 15.2 Å². The van der Waals surface area contributed by atoms with Crippen LogP contribution in [0.3, 0.4) is 0 Å². The lowest BCUT2D eigenvalue weighted by Gasteiger charge is -2.32. The predicted octanol–water partition coefficient (Wildman–Crippen LogP) is 6.40. The number of halogens is 1. The molecule has 3 N–H and O–H groups in total. The summed E-state index contributed by atoms with van der Waals surface area (Å²) in [6.07, 6.45) is 6.56. The second-order valence-electron chi connectivity index (χ2n) is 10.7. The number of ether oxygens (including phenoxy) is 1. The van der Waals surface area contributed by atoms with Crippen molar-refractivity contribution in [3.05, 3.63) is 107 Å². The smallest absolute Gasteiger partial charge is 0.248 e. The zero-order valence-corrected chi connectivity index (χ0v) is 24.2. The lowest BCUT2D eigenvalue weighted by molar-refractivity contribution is 0.1000. The summed E-state index contributed by atoms with van der Waals surface area (Å²) in [5, 5.41) is 12.3. The summed E-state index contributed by atoms with van der Waals surface area (Å²) in [4.78, 5) is 23.0. The summed E-state index contributed by atoms with van der Waals surface area (Å²) in [7, 11) is 0. The molecule has 2 heterocycles. The first-order chi connectivity index (χ1) is 20.8. The number of rotatable bonds is 9. The maximum absolute atomic E-state index is 14.9. The van der Waals surface area contributed by atoms with Crippen molar-refractivity contribution in [2.45, 2.75) is 39.3 Å². The van der Waals surface area contributed by atoms with Crippen LogP contribution in [0.15, 0.2) is 72.9 Å². The molecule has 1 amide bonds. The van der Waals surface area contributed by atoms with Crippen LogP contribution in [0.25, 0.3) is 17.2 Å². The van der Waals surface area contributed by atoms with Crippen LogP contribution in [-0.4, -0.2) is 39.9 Å². The number of nitrogens with zero attached hydrogens (tertiary/aromatic N) is 4. The molecule has 3 aromatic carbocycles. The lowest BCUT2D eigenvalue weighted by atomic mass is 10.0. The molecule has 0 bridgehead atoms. The largest absolute Gasteiger partial charge is 0.438 e. The molecule has 9 heteroatoms.